The van der Waals surface area contributed by atoms with Gasteiger partial charge in [0.15, 0.2) is 11.8 Å². The van der Waals surface area contributed by atoms with Crippen LogP contribution in [0, 0.1) is 5.92 Å². The highest BCUT2D eigenvalue weighted by Gasteiger charge is 2.35. The lowest BCUT2D eigenvalue weighted by atomic mass is 10.00. The lowest BCUT2D eigenvalue weighted by Gasteiger charge is -2.27. The molecule has 0 saturated heterocycles. The van der Waals surface area contributed by atoms with Crippen LogP contribution in [0.1, 0.15) is 19.4 Å². The van der Waals surface area contributed by atoms with Gasteiger partial charge in [0.2, 0.25) is 0 Å². The van der Waals surface area contributed by atoms with E-state index in [1.54, 1.807) is 38.1 Å². The van der Waals surface area contributed by atoms with E-state index in [0.717, 1.165) is 10.5 Å². The second-order valence-corrected chi connectivity index (χ2v) is 6.47. The number of hydrogen-bond acceptors (Lipinski definition) is 4. The zero-order valence-electron chi connectivity index (χ0n) is 15.7. The van der Waals surface area contributed by atoms with Gasteiger partial charge in [0, 0.05) is 18.7 Å². The van der Waals surface area contributed by atoms with Crippen LogP contribution in [0.3, 0.4) is 0 Å². The fraction of sp³-hybridized carbons (Fsp3) is 0.286. The van der Waals surface area contributed by atoms with Gasteiger partial charge in [0.1, 0.15) is 6.61 Å². The molecule has 142 valence electrons. The molecule has 0 aliphatic heterocycles. The molecule has 2 aromatic carbocycles. The summed E-state index contributed by atoms with van der Waals surface area (Å²) in [4.78, 5) is 38.7. The Morgan fingerprint density at radius 1 is 0.963 bits per heavy atom. The maximum atomic E-state index is 12.7. The van der Waals surface area contributed by atoms with E-state index < -0.39 is 24.0 Å². The summed E-state index contributed by atoms with van der Waals surface area (Å²) in [6, 6.07) is 16.7. The van der Waals surface area contributed by atoms with Crippen LogP contribution in [-0.2, 0) is 20.9 Å². The summed E-state index contributed by atoms with van der Waals surface area (Å²) < 4.78 is 5.26. The highest BCUT2D eigenvalue weighted by Crippen LogP contribution is 2.13. The van der Waals surface area contributed by atoms with Gasteiger partial charge in [-0.3, -0.25) is 14.5 Å². The molecule has 0 spiro atoms. The Morgan fingerprint density at radius 2 is 1.52 bits per heavy atom. The first-order valence-electron chi connectivity index (χ1n) is 8.73. The molecule has 1 N–H and O–H groups in total. The van der Waals surface area contributed by atoms with Gasteiger partial charge in [0.05, 0.1) is 0 Å². The van der Waals surface area contributed by atoms with E-state index >= 15 is 0 Å². The molecular formula is C21H24N2O4. The summed E-state index contributed by atoms with van der Waals surface area (Å²) in [5.41, 5.74) is 1.37. The number of Topliss-reactive ketones (excluding diaryl/α,β-unsaturated/α-hetero) is 1. The summed E-state index contributed by atoms with van der Waals surface area (Å²) in [5.74, 6) is -1.34. The predicted octanol–water partition coefficient (Wildman–Crippen LogP) is 3.49. The Kier molecular flexibility index (Phi) is 7.11. The summed E-state index contributed by atoms with van der Waals surface area (Å²) in [5, 5.41) is 2.68. The van der Waals surface area contributed by atoms with E-state index in [2.05, 4.69) is 5.32 Å². The number of nitrogens with one attached hydrogen (secondary N) is 1. The average Bonchev–Trinajstić information content (AvgIpc) is 2.67. The van der Waals surface area contributed by atoms with Crippen molar-refractivity contribution < 1.29 is 19.1 Å². The molecular weight excluding hydrogens is 344 g/mol. The number of amides is 2. The van der Waals surface area contributed by atoms with E-state index in [0.29, 0.717) is 5.69 Å². The van der Waals surface area contributed by atoms with Gasteiger partial charge in [0.25, 0.3) is 5.91 Å². The molecule has 1 unspecified atom stereocenters. The van der Waals surface area contributed by atoms with E-state index in [9.17, 15) is 14.4 Å². The topological polar surface area (TPSA) is 75.7 Å². The molecule has 27 heavy (non-hydrogen) atoms. The van der Waals surface area contributed by atoms with E-state index in [-0.39, 0.29) is 12.4 Å². The Labute approximate surface area is 159 Å². The first-order valence-corrected chi connectivity index (χ1v) is 8.73. The van der Waals surface area contributed by atoms with Crippen molar-refractivity contribution in [3.05, 3.63) is 66.2 Å². The second kappa shape index (κ2) is 9.52. The van der Waals surface area contributed by atoms with Crippen LogP contribution < -0.4 is 5.32 Å². The number of ketones is 1. The number of carbonyl (C=O) groups is 3. The number of hydrogen-bond donors (Lipinski definition) is 1. The van der Waals surface area contributed by atoms with Crippen molar-refractivity contribution in [2.75, 3.05) is 12.4 Å². The molecule has 0 saturated carbocycles. The van der Waals surface area contributed by atoms with Gasteiger partial charge in [-0.05, 0) is 17.7 Å². The third kappa shape index (κ3) is 5.67. The van der Waals surface area contributed by atoms with Crippen LogP contribution in [0.4, 0.5) is 10.5 Å². The van der Waals surface area contributed by atoms with Crippen LogP contribution in [0.15, 0.2) is 60.7 Å². The van der Waals surface area contributed by atoms with Crippen molar-refractivity contribution in [3.63, 3.8) is 0 Å². The van der Waals surface area contributed by atoms with Crippen molar-refractivity contribution in [2.24, 2.45) is 5.92 Å². The predicted molar refractivity (Wildman–Crippen MR) is 103 cm³/mol. The monoisotopic (exact) mass is 368 g/mol. The molecule has 0 bridgehead atoms. The van der Waals surface area contributed by atoms with Gasteiger partial charge in [-0.1, -0.05) is 62.4 Å². The maximum Gasteiger partial charge on any atom is 0.410 e. The highest BCUT2D eigenvalue weighted by molar-refractivity contribution is 6.12. The average molecular weight is 368 g/mol. The quantitative estimate of drug-likeness (QED) is 0.759. The first-order chi connectivity index (χ1) is 12.9. The van der Waals surface area contributed by atoms with E-state index in [4.69, 9.17) is 4.74 Å². The number of benzene rings is 2. The van der Waals surface area contributed by atoms with Crippen LogP contribution >= 0.6 is 0 Å². The van der Waals surface area contributed by atoms with Crippen molar-refractivity contribution in [1.82, 2.24) is 4.90 Å². The third-order valence-corrected chi connectivity index (χ3v) is 4.01. The smallest absolute Gasteiger partial charge is 0.410 e. The third-order valence-electron chi connectivity index (χ3n) is 4.01. The summed E-state index contributed by atoms with van der Waals surface area (Å²) in [6.07, 6.45) is -0.735. The Balaban J connectivity index is 2.10. The fourth-order valence-electron chi connectivity index (χ4n) is 2.47. The van der Waals surface area contributed by atoms with Crippen molar-refractivity contribution in [3.8, 4) is 0 Å². The minimum Gasteiger partial charge on any atom is -0.445 e. The number of anilines is 1. The number of rotatable bonds is 7. The molecule has 6 nitrogen and oxygen atoms in total. The van der Waals surface area contributed by atoms with Gasteiger partial charge in [-0.2, -0.15) is 0 Å². The first kappa shape index (κ1) is 20.2. The fourth-order valence-corrected chi connectivity index (χ4v) is 2.47. The summed E-state index contributed by atoms with van der Waals surface area (Å²) in [6.45, 7) is 3.44. The molecule has 0 fully saturated rings. The van der Waals surface area contributed by atoms with Crippen molar-refractivity contribution in [1.29, 1.82) is 0 Å². The van der Waals surface area contributed by atoms with Gasteiger partial charge >= 0.3 is 6.09 Å². The molecule has 0 radical (unpaired) electrons. The van der Waals surface area contributed by atoms with Crippen molar-refractivity contribution >= 4 is 23.5 Å². The molecule has 2 amide bonds. The Morgan fingerprint density at radius 3 is 2.07 bits per heavy atom. The largest absolute Gasteiger partial charge is 0.445 e. The summed E-state index contributed by atoms with van der Waals surface area (Å²) >= 11 is 0. The lowest BCUT2D eigenvalue weighted by molar-refractivity contribution is -0.133. The normalized spacial score (nSPS) is 11.6. The van der Waals surface area contributed by atoms with Gasteiger partial charge in [-0.25, -0.2) is 4.79 Å². The molecule has 2 aromatic rings. The van der Waals surface area contributed by atoms with Gasteiger partial charge in [-0.15, -0.1) is 0 Å². The number of ether oxygens (including phenoxy) is 1. The molecule has 0 aliphatic carbocycles. The highest BCUT2D eigenvalue weighted by atomic mass is 16.6. The Hall–Kier alpha value is -3.15. The number of carbonyl (C=O) groups excluding carboxylic acids is 3. The zero-order chi connectivity index (χ0) is 19.8. The molecule has 0 heterocycles. The number of nitrogens with zero attached hydrogens (tertiary/aromatic N) is 1. The lowest BCUT2D eigenvalue weighted by Crippen LogP contribution is -2.51. The van der Waals surface area contributed by atoms with Crippen LogP contribution in [0.2, 0.25) is 0 Å². The molecule has 0 aromatic heterocycles. The van der Waals surface area contributed by atoms with E-state index in [1.165, 1.54) is 7.05 Å². The standard InChI is InChI=1S/C21H24N2O4/c1-15(2)19(24)18(20(25)22-17-12-8-5-9-13-17)23(3)21(26)27-14-16-10-6-4-7-11-16/h4-13,15,18H,14H2,1-3H3,(H,22,25). The molecule has 2 rings (SSSR count). The molecule has 0 aliphatic rings. The second-order valence-electron chi connectivity index (χ2n) is 6.47. The molecule has 6 heteroatoms. The van der Waals surface area contributed by atoms with Crippen LogP contribution in [0.25, 0.3) is 0 Å². The number of para-hydroxylation sites is 1. The Bertz CT molecular complexity index is 775. The SMILES string of the molecule is CC(C)C(=O)C(C(=O)Nc1ccccc1)N(C)C(=O)OCc1ccccc1. The molecule has 1 atom stereocenters. The number of likely N-dealkylation sites (N-methyl/N-ethyl adjacent to an activating group) is 1. The van der Waals surface area contributed by atoms with Gasteiger partial charge < -0.3 is 10.1 Å². The zero-order valence-corrected chi connectivity index (χ0v) is 15.7. The van der Waals surface area contributed by atoms with E-state index in [1.807, 2.05) is 36.4 Å². The van der Waals surface area contributed by atoms with Crippen molar-refractivity contribution in [2.45, 2.75) is 26.5 Å². The summed E-state index contributed by atoms with van der Waals surface area (Å²) in [7, 11) is 1.39. The minimum atomic E-state index is -1.27. The minimum absolute atomic E-state index is 0.0624. The van der Waals surface area contributed by atoms with Crippen LogP contribution in [-0.4, -0.2) is 35.8 Å². The maximum absolute atomic E-state index is 12.7. The van der Waals surface area contributed by atoms with Crippen LogP contribution in [0.5, 0.6) is 0 Å².